The number of hydrogen-bond donors (Lipinski definition) is 2. The molecule has 0 spiro atoms. The second kappa shape index (κ2) is 8.97. The molecule has 1 saturated heterocycles. The Morgan fingerprint density at radius 2 is 1.83 bits per heavy atom. The standard InChI is InChI=1S/C26H34FN3O6/c1-25(2,3)36-24(34)28-26(4,5)14-9-10-29(12-14)20-18(27)11-16-19(22(20)35-6)30(15-7-8-15)13-17(21(16)31)23(32)33/h11,13-15H,7-10,12H2,1-6H3,(H,28,34)(H,32,33)/t14-/m0/s1. The van der Waals surface area contributed by atoms with Gasteiger partial charge in [-0.05, 0) is 59.9 Å². The fourth-order valence-electron chi connectivity index (χ4n) is 4.95. The zero-order valence-electron chi connectivity index (χ0n) is 21.6. The first kappa shape index (κ1) is 25.8. The summed E-state index contributed by atoms with van der Waals surface area (Å²) >= 11 is 0. The number of aromatic carboxylic acids is 1. The molecule has 0 radical (unpaired) electrons. The minimum atomic E-state index is -1.35. The van der Waals surface area contributed by atoms with Gasteiger partial charge in [0.15, 0.2) is 11.6 Å². The molecule has 0 bridgehead atoms. The van der Waals surface area contributed by atoms with Crippen molar-refractivity contribution in [3.05, 3.63) is 33.9 Å². The molecule has 2 heterocycles. The number of aromatic nitrogens is 1. The Kier molecular flexibility index (Phi) is 6.43. The molecule has 4 rings (SSSR count). The molecular formula is C26H34FN3O6. The van der Waals surface area contributed by atoms with E-state index in [2.05, 4.69) is 5.32 Å². The van der Waals surface area contributed by atoms with Crippen molar-refractivity contribution >= 4 is 28.7 Å². The molecule has 2 aromatic rings. The minimum Gasteiger partial charge on any atom is -0.492 e. The first-order valence-corrected chi connectivity index (χ1v) is 12.2. The highest BCUT2D eigenvalue weighted by atomic mass is 19.1. The van der Waals surface area contributed by atoms with Gasteiger partial charge in [0, 0.05) is 36.8 Å². The smallest absolute Gasteiger partial charge is 0.408 e. The van der Waals surface area contributed by atoms with E-state index in [1.165, 1.54) is 13.3 Å². The predicted octanol–water partition coefficient (Wildman–Crippen LogP) is 4.31. The Bertz CT molecular complexity index is 1280. The highest BCUT2D eigenvalue weighted by molar-refractivity contribution is 5.97. The Labute approximate surface area is 209 Å². The zero-order chi connectivity index (χ0) is 26.6. The third-order valence-electron chi connectivity index (χ3n) is 6.92. The number of hydrogen-bond acceptors (Lipinski definition) is 6. The van der Waals surface area contributed by atoms with E-state index in [4.69, 9.17) is 9.47 Å². The molecule has 1 aromatic heterocycles. The highest BCUT2D eigenvalue weighted by Gasteiger charge is 2.39. The van der Waals surface area contributed by atoms with Crippen molar-refractivity contribution in [2.24, 2.45) is 5.92 Å². The number of amides is 1. The Hall–Kier alpha value is -3.30. The molecule has 1 aliphatic carbocycles. The van der Waals surface area contributed by atoms with Crippen LogP contribution in [-0.4, -0.2) is 53.1 Å². The summed E-state index contributed by atoms with van der Waals surface area (Å²) in [5.74, 6) is -1.80. The maximum atomic E-state index is 15.6. The largest absolute Gasteiger partial charge is 0.492 e. The topological polar surface area (TPSA) is 110 Å². The van der Waals surface area contributed by atoms with E-state index in [9.17, 15) is 19.5 Å². The number of pyridine rings is 1. The van der Waals surface area contributed by atoms with Gasteiger partial charge in [-0.15, -0.1) is 0 Å². The van der Waals surface area contributed by atoms with E-state index < -0.39 is 34.4 Å². The lowest BCUT2D eigenvalue weighted by Gasteiger charge is -2.34. The summed E-state index contributed by atoms with van der Waals surface area (Å²) in [5, 5.41) is 12.5. The molecule has 1 atom stereocenters. The number of carbonyl (C=O) groups excluding carboxylic acids is 1. The normalized spacial score (nSPS) is 18.4. The van der Waals surface area contributed by atoms with Crippen LogP contribution < -0.4 is 20.4 Å². The molecule has 196 valence electrons. The van der Waals surface area contributed by atoms with Crippen LogP contribution in [0.2, 0.25) is 0 Å². The van der Waals surface area contributed by atoms with Gasteiger partial charge < -0.3 is 29.4 Å². The number of nitrogens with zero attached hydrogens (tertiary/aromatic N) is 2. The van der Waals surface area contributed by atoms with Gasteiger partial charge in [-0.2, -0.15) is 0 Å². The number of fused-ring (bicyclic) bond motifs is 1. The highest BCUT2D eigenvalue weighted by Crippen LogP contribution is 2.45. The lowest BCUT2D eigenvalue weighted by molar-refractivity contribution is 0.0441. The first-order valence-electron chi connectivity index (χ1n) is 12.2. The van der Waals surface area contributed by atoms with Gasteiger partial charge in [-0.3, -0.25) is 4.79 Å². The number of carboxylic acids is 1. The maximum Gasteiger partial charge on any atom is 0.408 e. The van der Waals surface area contributed by atoms with Crippen LogP contribution in [-0.2, 0) is 4.74 Å². The van der Waals surface area contributed by atoms with Gasteiger partial charge in [0.1, 0.15) is 16.9 Å². The Balaban J connectivity index is 1.72. The summed E-state index contributed by atoms with van der Waals surface area (Å²) in [6.45, 7) is 10.2. The third kappa shape index (κ3) is 4.85. The fraction of sp³-hybridized carbons (Fsp3) is 0.577. The SMILES string of the molecule is COc1c(N2CC[C@H](C(C)(C)NC(=O)OC(C)(C)C)C2)c(F)cc2c(=O)c(C(=O)O)cn(C3CC3)c12. The molecule has 36 heavy (non-hydrogen) atoms. The number of benzene rings is 1. The number of carboxylic acid groups (broad SMARTS) is 1. The molecule has 1 amide bonds. The second-order valence-corrected chi connectivity index (χ2v) is 11.2. The number of carbonyl (C=O) groups is 2. The number of alkyl carbamates (subject to hydrolysis) is 1. The number of methoxy groups -OCH3 is 1. The van der Waals surface area contributed by atoms with Crippen LogP contribution in [0.4, 0.5) is 14.9 Å². The lowest BCUT2D eigenvalue weighted by Crippen LogP contribution is -2.51. The molecule has 10 heteroatoms. The summed E-state index contributed by atoms with van der Waals surface area (Å²) in [7, 11) is 1.42. The zero-order valence-corrected chi connectivity index (χ0v) is 21.6. The van der Waals surface area contributed by atoms with Crippen LogP contribution in [0.25, 0.3) is 10.9 Å². The number of nitrogens with one attached hydrogen (secondary N) is 1. The van der Waals surface area contributed by atoms with Gasteiger partial charge in [-0.25, -0.2) is 14.0 Å². The fourth-order valence-corrected chi connectivity index (χ4v) is 4.95. The summed E-state index contributed by atoms with van der Waals surface area (Å²) in [5.41, 5.74) is -1.73. The van der Waals surface area contributed by atoms with Crippen molar-refractivity contribution in [2.75, 3.05) is 25.1 Å². The van der Waals surface area contributed by atoms with Crippen LogP contribution in [0, 0.1) is 11.7 Å². The van der Waals surface area contributed by atoms with Crippen molar-refractivity contribution < 1.29 is 28.6 Å². The summed E-state index contributed by atoms with van der Waals surface area (Å²) < 4.78 is 28.4. The van der Waals surface area contributed by atoms with Gasteiger partial charge in [0.25, 0.3) is 0 Å². The van der Waals surface area contributed by atoms with Crippen LogP contribution in [0.1, 0.15) is 70.3 Å². The van der Waals surface area contributed by atoms with Crippen LogP contribution in [0.3, 0.4) is 0 Å². The quantitative estimate of drug-likeness (QED) is 0.604. The van der Waals surface area contributed by atoms with Gasteiger partial charge in [-0.1, -0.05) is 0 Å². The molecule has 9 nitrogen and oxygen atoms in total. The van der Waals surface area contributed by atoms with Crippen molar-refractivity contribution in [3.63, 3.8) is 0 Å². The molecule has 2 aliphatic rings. The first-order chi connectivity index (χ1) is 16.7. The predicted molar refractivity (Wildman–Crippen MR) is 134 cm³/mol. The maximum absolute atomic E-state index is 15.6. The van der Waals surface area contributed by atoms with Gasteiger partial charge in [0.2, 0.25) is 5.43 Å². The van der Waals surface area contributed by atoms with E-state index in [0.29, 0.717) is 25.0 Å². The van der Waals surface area contributed by atoms with Crippen LogP contribution in [0.5, 0.6) is 5.75 Å². The van der Waals surface area contributed by atoms with Gasteiger partial charge in [0.05, 0.1) is 18.0 Å². The van der Waals surface area contributed by atoms with E-state index >= 15 is 4.39 Å². The minimum absolute atomic E-state index is 0.00941. The number of ether oxygens (including phenoxy) is 2. The second-order valence-electron chi connectivity index (χ2n) is 11.2. The van der Waals surface area contributed by atoms with E-state index in [-0.39, 0.29) is 34.3 Å². The molecule has 1 saturated carbocycles. The lowest BCUT2D eigenvalue weighted by atomic mass is 9.87. The van der Waals surface area contributed by atoms with Crippen molar-refractivity contribution in [1.82, 2.24) is 9.88 Å². The van der Waals surface area contributed by atoms with Crippen molar-refractivity contribution in [3.8, 4) is 5.75 Å². The molecular weight excluding hydrogens is 469 g/mol. The summed E-state index contributed by atoms with van der Waals surface area (Å²) in [6, 6.07) is 1.15. The Morgan fingerprint density at radius 1 is 1.17 bits per heavy atom. The van der Waals surface area contributed by atoms with E-state index in [0.717, 1.165) is 18.9 Å². The monoisotopic (exact) mass is 503 g/mol. The average molecular weight is 504 g/mol. The van der Waals surface area contributed by atoms with Crippen molar-refractivity contribution in [1.29, 1.82) is 0 Å². The number of halogens is 1. The van der Waals surface area contributed by atoms with Crippen LogP contribution >= 0.6 is 0 Å². The molecule has 2 N–H and O–H groups in total. The molecule has 1 aromatic carbocycles. The third-order valence-corrected chi connectivity index (χ3v) is 6.92. The van der Waals surface area contributed by atoms with E-state index in [1.54, 1.807) is 25.3 Å². The van der Waals surface area contributed by atoms with Crippen LogP contribution in [0.15, 0.2) is 17.1 Å². The molecule has 0 unspecified atom stereocenters. The average Bonchev–Trinajstić information content (AvgIpc) is 3.47. The van der Waals surface area contributed by atoms with Crippen molar-refractivity contribution in [2.45, 2.75) is 71.1 Å². The van der Waals surface area contributed by atoms with Gasteiger partial charge >= 0.3 is 12.1 Å². The molecule has 2 fully saturated rings. The number of rotatable bonds is 6. The number of anilines is 1. The summed E-state index contributed by atoms with van der Waals surface area (Å²) in [4.78, 5) is 38.9. The molecule has 1 aliphatic heterocycles. The Morgan fingerprint density at radius 3 is 2.39 bits per heavy atom. The summed E-state index contributed by atoms with van der Waals surface area (Å²) in [6.07, 6.45) is 3.20. The van der Waals surface area contributed by atoms with E-state index in [1.807, 2.05) is 18.7 Å².